The smallest absolute Gasteiger partial charge is 0.258 e. The van der Waals surface area contributed by atoms with Crippen molar-refractivity contribution in [1.82, 2.24) is 4.90 Å². The van der Waals surface area contributed by atoms with E-state index in [0.29, 0.717) is 21.5 Å². The minimum absolute atomic E-state index is 0. The molecule has 2 unspecified atom stereocenters. The summed E-state index contributed by atoms with van der Waals surface area (Å²) in [6.45, 7) is 4.07. The van der Waals surface area contributed by atoms with Crippen LogP contribution in [0.3, 0.4) is 0 Å². The van der Waals surface area contributed by atoms with Crippen molar-refractivity contribution in [2.24, 2.45) is 0 Å². The normalized spacial score (nSPS) is 21.8. The monoisotopic (exact) mass is 410 g/mol. The molecule has 2 aliphatic rings. The zero-order valence-corrected chi connectivity index (χ0v) is 17.0. The van der Waals surface area contributed by atoms with Crippen LogP contribution in [-0.4, -0.2) is 37.0 Å². The fraction of sp³-hybridized carbons (Fsp3) is 0.350. The molecule has 2 aromatic rings. The van der Waals surface area contributed by atoms with Crippen LogP contribution < -0.4 is 4.90 Å². The summed E-state index contributed by atoms with van der Waals surface area (Å²) in [5, 5.41) is 0.971. The molecule has 0 bridgehead atoms. The highest BCUT2D eigenvalue weighted by molar-refractivity contribution is 6.35. The lowest BCUT2D eigenvalue weighted by Crippen LogP contribution is -2.47. The first-order valence-corrected chi connectivity index (χ1v) is 9.28. The molecule has 26 heavy (non-hydrogen) atoms. The van der Waals surface area contributed by atoms with Crippen LogP contribution in [0.2, 0.25) is 10.0 Å². The quantitative estimate of drug-likeness (QED) is 0.646. The van der Waals surface area contributed by atoms with Crippen molar-refractivity contribution in [3.8, 4) is 0 Å². The van der Waals surface area contributed by atoms with Gasteiger partial charge in [0.1, 0.15) is 0 Å². The molecule has 2 heterocycles. The van der Waals surface area contributed by atoms with E-state index in [2.05, 4.69) is 37.1 Å². The highest BCUT2D eigenvalue weighted by atomic mass is 35.5. The summed E-state index contributed by atoms with van der Waals surface area (Å²) in [7, 11) is 2.15. The Kier molecular flexibility index (Phi) is 5.55. The van der Waals surface area contributed by atoms with Gasteiger partial charge in [-0.15, -0.1) is 12.4 Å². The third-order valence-corrected chi connectivity index (χ3v) is 5.72. The molecule has 1 saturated heterocycles. The van der Waals surface area contributed by atoms with E-state index < -0.39 is 0 Å². The molecule has 0 radical (unpaired) electrons. The van der Waals surface area contributed by atoms with E-state index >= 15 is 0 Å². The fourth-order valence-electron chi connectivity index (χ4n) is 4.16. The standard InChI is InChI=1S/C20H20Cl2N2O.ClH/c1-12-3-4-18-16(7-12)17-11-23(2)6-5-19(17)24(18)20(25)13-8-14(21)10-15(22)9-13;/h3-4,7-10,17,19H,5-6,11H2,1-2H3;1H. The highest BCUT2D eigenvalue weighted by Gasteiger charge is 2.44. The Bertz CT molecular complexity index is 835. The summed E-state index contributed by atoms with van der Waals surface area (Å²) >= 11 is 12.2. The molecule has 3 nitrogen and oxygen atoms in total. The number of amides is 1. The first kappa shape index (κ1) is 19.5. The van der Waals surface area contributed by atoms with Gasteiger partial charge in [0.15, 0.2) is 0 Å². The number of carbonyl (C=O) groups excluding carboxylic acids is 1. The molecular formula is C20H21Cl3N2O. The SMILES string of the molecule is Cc1ccc2c(c1)C1CN(C)CCC1N2C(=O)c1cc(Cl)cc(Cl)c1.Cl. The van der Waals surface area contributed by atoms with Crippen molar-refractivity contribution in [1.29, 1.82) is 0 Å². The van der Waals surface area contributed by atoms with Crippen molar-refractivity contribution in [2.75, 3.05) is 25.0 Å². The lowest BCUT2D eigenvalue weighted by Gasteiger charge is -2.36. The van der Waals surface area contributed by atoms with Gasteiger partial charge < -0.3 is 9.80 Å². The van der Waals surface area contributed by atoms with Crippen molar-refractivity contribution in [3.05, 3.63) is 63.1 Å². The second-order valence-corrected chi connectivity index (χ2v) is 7.99. The Hall–Kier alpha value is -1.26. The van der Waals surface area contributed by atoms with Gasteiger partial charge in [-0.1, -0.05) is 40.9 Å². The second-order valence-electron chi connectivity index (χ2n) is 7.12. The predicted octanol–water partition coefficient (Wildman–Crippen LogP) is 5.17. The maximum atomic E-state index is 13.3. The number of fused-ring (bicyclic) bond motifs is 3. The Morgan fingerprint density at radius 3 is 2.50 bits per heavy atom. The molecule has 2 atom stereocenters. The van der Waals surface area contributed by atoms with Crippen molar-refractivity contribution in [2.45, 2.75) is 25.3 Å². The molecule has 0 saturated carbocycles. The van der Waals surface area contributed by atoms with Crippen molar-refractivity contribution in [3.63, 3.8) is 0 Å². The number of rotatable bonds is 1. The van der Waals surface area contributed by atoms with Gasteiger partial charge in [-0.05, 0) is 56.8 Å². The Morgan fingerprint density at radius 1 is 1.12 bits per heavy atom. The van der Waals surface area contributed by atoms with Crippen LogP contribution in [0.4, 0.5) is 5.69 Å². The van der Waals surface area contributed by atoms with Gasteiger partial charge in [-0.2, -0.15) is 0 Å². The minimum atomic E-state index is -0.0217. The number of hydrogen-bond acceptors (Lipinski definition) is 2. The number of aryl methyl sites for hydroxylation is 1. The number of hydrogen-bond donors (Lipinski definition) is 0. The number of halogens is 3. The molecule has 0 spiro atoms. The van der Waals surface area contributed by atoms with Crippen LogP contribution in [0.25, 0.3) is 0 Å². The topological polar surface area (TPSA) is 23.6 Å². The zero-order chi connectivity index (χ0) is 17.7. The van der Waals surface area contributed by atoms with E-state index in [1.807, 2.05) is 4.90 Å². The van der Waals surface area contributed by atoms with Crippen molar-refractivity contribution < 1.29 is 4.79 Å². The van der Waals surface area contributed by atoms with Crippen LogP contribution in [0.15, 0.2) is 36.4 Å². The largest absolute Gasteiger partial charge is 0.306 e. The van der Waals surface area contributed by atoms with Gasteiger partial charge in [0, 0.05) is 39.8 Å². The number of likely N-dealkylation sites (N-methyl/N-ethyl adjacent to an activating group) is 1. The van der Waals surface area contributed by atoms with Crippen LogP contribution >= 0.6 is 35.6 Å². The van der Waals surface area contributed by atoms with Crippen molar-refractivity contribution >= 4 is 47.2 Å². The zero-order valence-electron chi connectivity index (χ0n) is 14.7. The van der Waals surface area contributed by atoms with Crippen LogP contribution in [-0.2, 0) is 0 Å². The number of benzene rings is 2. The van der Waals surface area contributed by atoms with Gasteiger partial charge in [0.05, 0.1) is 0 Å². The molecule has 6 heteroatoms. The lowest BCUT2D eigenvalue weighted by atomic mass is 9.88. The fourth-order valence-corrected chi connectivity index (χ4v) is 4.69. The average molecular weight is 412 g/mol. The maximum Gasteiger partial charge on any atom is 0.258 e. The molecule has 1 amide bonds. The second kappa shape index (κ2) is 7.40. The maximum absolute atomic E-state index is 13.3. The summed E-state index contributed by atoms with van der Waals surface area (Å²) in [6.07, 6.45) is 0.967. The molecule has 0 aromatic heterocycles. The molecule has 0 aliphatic carbocycles. The van der Waals surface area contributed by atoms with Gasteiger partial charge in [0.2, 0.25) is 0 Å². The number of carbonyl (C=O) groups is 1. The number of piperidine rings is 1. The average Bonchev–Trinajstić information content (AvgIpc) is 2.86. The Labute approximate surface area is 170 Å². The lowest BCUT2D eigenvalue weighted by molar-refractivity contribution is 0.0964. The number of anilines is 1. The van der Waals surface area contributed by atoms with E-state index in [-0.39, 0.29) is 24.4 Å². The van der Waals surface area contributed by atoms with Crippen LogP contribution in [0.1, 0.15) is 33.8 Å². The first-order valence-electron chi connectivity index (χ1n) is 8.53. The molecule has 2 aromatic carbocycles. The van der Waals surface area contributed by atoms with Gasteiger partial charge >= 0.3 is 0 Å². The molecule has 0 N–H and O–H groups in total. The van der Waals surface area contributed by atoms with Crippen LogP contribution in [0, 0.1) is 6.92 Å². The summed E-state index contributed by atoms with van der Waals surface area (Å²) < 4.78 is 0. The molecule has 2 aliphatic heterocycles. The summed E-state index contributed by atoms with van der Waals surface area (Å²) in [4.78, 5) is 17.6. The Balaban J connectivity index is 0.00000196. The number of nitrogens with zero attached hydrogens (tertiary/aromatic N) is 2. The van der Waals surface area contributed by atoms with Gasteiger partial charge in [0.25, 0.3) is 5.91 Å². The first-order chi connectivity index (χ1) is 11.9. The van der Waals surface area contributed by atoms with E-state index in [4.69, 9.17) is 23.2 Å². The minimum Gasteiger partial charge on any atom is -0.306 e. The van der Waals surface area contributed by atoms with Gasteiger partial charge in [-0.3, -0.25) is 4.79 Å². The summed E-state index contributed by atoms with van der Waals surface area (Å²) in [5.74, 6) is 0.332. The highest BCUT2D eigenvalue weighted by Crippen LogP contribution is 2.45. The predicted molar refractivity (Wildman–Crippen MR) is 110 cm³/mol. The molecule has 4 rings (SSSR count). The van der Waals surface area contributed by atoms with E-state index in [0.717, 1.165) is 25.2 Å². The van der Waals surface area contributed by atoms with E-state index in [1.165, 1.54) is 11.1 Å². The molecule has 1 fully saturated rings. The van der Waals surface area contributed by atoms with Crippen LogP contribution in [0.5, 0.6) is 0 Å². The molecule has 138 valence electrons. The Morgan fingerprint density at radius 2 is 1.81 bits per heavy atom. The van der Waals surface area contributed by atoms with E-state index in [1.54, 1.807) is 18.2 Å². The van der Waals surface area contributed by atoms with E-state index in [9.17, 15) is 4.79 Å². The summed E-state index contributed by atoms with van der Waals surface area (Å²) in [6, 6.07) is 11.6. The summed E-state index contributed by atoms with van der Waals surface area (Å²) in [5.41, 5.74) is 4.07. The number of likely N-dealkylation sites (tertiary alicyclic amines) is 1. The molecular weight excluding hydrogens is 391 g/mol. The third-order valence-electron chi connectivity index (χ3n) is 5.28. The van der Waals surface area contributed by atoms with Gasteiger partial charge in [-0.25, -0.2) is 0 Å². The third kappa shape index (κ3) is 3.34.